The lowest BCUT2D eigenvalue weighted by Gasteiger charge is -2.30. The maximum atomic E-state index is 12.6. The van der Waals surface area contributed by atoms with Crippen LogP contribution >= 0.6 is 0 Å². The average Bonchev–Trinajstić information content (AvgIpc) is 2.46. The fraction of sp³-hybridized carbons (Fsp3) is 0.462. The molecule has 0 spiro atoms. The second-order valence-electron chi connectivity index (χ2n) is 5.10. The number of alkyl halides is 3. The number of rotatable bonds is 4. The van der Waals surface area contributed by atoms with Crippen molar-refractivity contribution in [3.8, 4) is 5.75 Å². The van der Waals surface area contributed by atoms with Crippen LogP contribution in [0.4, 0.5) is 13.2 Å². The van der Waals surface area contributed by atoms with Crippen molar-refractivity contribution in [3.63, 3.8) is 0 Å². The number of para-hydroxylation sites is 1. The summed E-state index contributed by atoms with van der Waals surface area (Å²) in [6.07, 6.45) is -4.17. The van der Waals surface area contributed by atoms with E-state index < -0.39 is 38.9 Å². The largest absolute Gasteiger partial charge is 0.573 e. The predicted molar refractivity (Wildman–Crippen MR) is 73.8 cm³/mol. The molecule has 1 aromatic carbocycles. The fourth-order valence-corrected chi connectivity index (χ4v) is 4.04. The monoisotopic (exact) mass is 352 g/mol. The molecule has 10 heteroatoms. The number of amides is 1. The lowest BCUT2D eigenvalue weighted by molar-refractivity contribution is -0.275. The highest BCUT2D eigenvalue weighted by Crippen LogP contribution is 2.32. The zero-order valence-electron chi connectivity index (χ0n) is 11.9. The van der Waals surface area contributed by atoms with Crippen LogP contribution in [0.15, 0.2) is 29.2 Å². The zero-order chi connectivity index (χ0) is 17.3. The highest BCUT2D eigenvalue weighted by molar-refractivity contribution is 7.89. The van der Waals surface area contributed by atoms with E-state index in [0.717, 1.165) is 16.4 Å². The molecule has 1 aliphatic heterocycles. The first kappa shape index (κ1) is 17.5. The van der Waals surface area contributed by atoms with Gasteiger partial charge in [-0.05, 0) is 25.0 Å². The number of carbonyl (C=O) groups excluding carboxylic acids is 1. The van der Waals surface area contributed by atoms with E-state index in [4.69, 9.17) is 5.73 Å². The Morgan fingerprint density at radius 2 is 1.96 bits per heavy atom. The van der Waals surface area contributed by atoms with E-state index in [-0.39, 0.29) is 13.1 Å². The first-order valence-corrected chi connectivity index (χ1v) is 8.19. The van der Waals surface area contributed by atoms with Crippen LogP contribution in [-0.4, -0.2) is 38.1 Å². The van der Waals surface area contributed by atoms with Crippen LogP contribution in [0.1, 0.15) is 12.8 Å². The van der Waals surface area contributed by atoms with Crippen molar-refractivity contribution in [2.24, 2.45) is 11.7 Å². The molecule has 0 radical (unpaired) electrons. The van der Waals surface area contributed by atoms with Crippen molar-refractivity contribution in [1.29, 1.82) is 0 Å². The molecule has 0 aliphatic carbocycles. The third-order valence-electron chi connectivity index (χ3n) is 3.48. The molecule has 0 saturated carbocycles. The van der Waals surface area contributed by atoms with E-state index in [1.807, 2.05) is 0 Å². The summed E-state index contributed by atoms with van der Waals surface area (Å²) in [5.41, 5.74) is 5.19. The number of nitrogens with two attached hydrogens (primary N) is 1. The van der Waals surface area contributed by atoms with Crippen molar-refractivity contribution < 1.29 is 31.1 Å². The smallest absolute Gasteiger partial charge is 0.404 e. The molecular formula is C13H15F3N2O4S. The minimum absolute atomic E-state index is 0.104. The number of benzene rings is 1. The molecule has 23 heavy (non-hydrogen) atoms. The summed E-state index contributed by atoms with van der Waals surface area (Å²) in [4.78, 5) is 10.7. The highest BCUT2D eigenvalue weighted by atomic mass is 32.2. The van der Waals surface area contributed by atoms with E-state index in [1.54, 1.807) is 0 Å². The third kappa shape index (κ3) is 4.14. The van der Waals surface area contributed by atoms with Gasteiger partial charge in [0.25, 0.3) is 0 Å². The van der Waals surface area contributed by atoms with Crippen LogP contribution in [0, 0.1) is 5.92 Å². The van der Waals surface area contributed by atoms with Crippen molar-refractivity contribution in [3.05, 3.63) is 24.3 Å². The summed E-state index contributed by atoms with van der Waals surface area (Å²) in [5, 5.41) is 0. The van der Waals surface area contributed by atoms with Gasteiger partial charge in [-0.25, -0.2) is 8.42 Å². The summed E-state index contributed by atoms with van der Waals surface area (Å²) in [7, 11) is -4.23. The van der Waals surface area contributed by atoms with Gasteiger partial charge in [0.05, 0.1) is 5.92 Å². The van der Waals surface area contributed by atoms with E-state index in [1.165, 1.54) is 12.1 Å². The number of sulfonamides is 1. The maximum absolute atomic E-state index is 12.6. The lowest BCUT2D eigenvalue weighted by Crippen LogP contribution is -2.44. The van der Waals surface area contributed by atoms with E-state index in [2.05, 4.69) is 4.74 Å². The SMILES string of the molecule is NC(=O)C1CCCN(S(=O)(=O)c2ccccc2OC(F)(F)F)C1. The average molecular weight is 352 g/mol. The van der Waals surface area contributed by atoms with Crippen LogP contribution in [0.25, 0.3) is 0 Å². The van der Waals surface area contributed by atoms with Gasteiger partial charge in [-0.1, -0.05) is 12.1 Å². The second-order valence-corrected chi connectivity index (χ2v) is 7.01. The zero-order valence-corrected chi connectivity index (χ0v) is 12.7. The summed E-state index contributed by atoms with van der Waals surface area (Å²) in [6, 6.07) is 4.49. The molecule has 0 aromatic heterocycles. The summed E-state index contributed by atoms with van der Waals surface area (Å²) in [6.45, 7) is -0.0511. The van der Waals surface area contributed by atoms with Crippen molar-refractivity contribution in [1.82, 2.24) is 4.31 Å². The van der Waals surface area contributed by atoms with Gasteiger partial charge in [0.1, 0.15) is 10.6 Å². The molecule has 2 rings (SSSR count). The number of piperidine rings is 1. The van der Waals surface area contributed by atoms with Crippen LogP contribution in [-0.2, 0) is 14.8 Å². The Bertz CT molecular complexity index is 691. The van der Waals surface area contributed by atoms with Gasteiger partial charge in [0.15, 0.2) is 0 Å². The number of carbonyl (C=O) groups is 1. The first-order chi connectivity index (χ1) is 10.6. The van der Waals surface area contributed by atoms with Crippen molar-refractivity contribution >= 4 is 15.9 Å². The van der Waals surface area contributed by atoms with Crippen molar-refractivity contribution in [2.75, 3.05) is 13.1 Å². The Kier molecular flexibility index (Phi) is 4.85. The van der Waals surface area contributed by atoms with Gasteiger partial charge >= 0.3 is 6.36 Å². The summed E-state index contributed by atoms with van der Waals surface area (Å²) in [5.74, 6) is -2.10. The Morgan fingerprint density at radius 1 is 1.30 bits per heavy atom. The number of ether oxygens (including phenoxy) is 1. The minimum atomic E-state index is -5.01. The fourth-order valence-electron chi connectivity index (χ4n) is 2.40. The molecule has 0 bridgehead atoms. The standard InChI is InChI=1S/C13H15F3N2O4S/c14-13(15,16)22-10-5-1-2-6-11(10)23(20,21)18-7-3-4-9(8-18)12(17)19/h1-2,5-6,9H,3-4,7-8H2,(H2,17,19). The van der Waals surface area contributed by atoms with Gasteiger partial charge in [0, 0.05) is 13.1 Å². The molecule has 2 N–H and O–H groups in total. The molecule has 1 atom stereocenters. The number of halogens is 3. The first-order valence-electron chi connectivity index (χ1n) is 6.75. The number of primary amides is 1. The molecule has 1 saturated heterocycles. The Balaban J connectivity index is 2.35. The third-order valence-corrected chi connectivity index (χ3v) is 5.38. The van der Waals surface area contributed by atoms with E-state index in [9.17, 15) is 26.4 Å². The molecule has 128 valence electrons. The lowest BCUT2D eigenvalue weighted by atomic mass is 9.99. The molecule has 1 fully saturated rings. The van der Waals surface area contributed by atoms with Crippen LogP contribution in [0.3, 0.4) is 0 Å². The maximum Gasteiger partial charge on any atom is 0.573 e. The molecule has 1 unspecified atom stereocenters. The Morgan fingerprint density at radius 3 is 2.57 bits per heavy atom. The Labute approximate surface area is 131 Å². The molecule has 1 heterocycles. The topological polar surface area (TPSA) is 89.7 Å². The Hall–Kier alpha value is -1.81. The van der Waals surface area contributed by atoms with Gasteiger partial charge in [-0.2, -0.15) is 4.31 Å². The van der Waals surface area contributed by atoms with E-state index in [0.29, 0.717) is 12.8 Å². The van der Waals surface area contributed by atoms with Gasteiger partial charge in [-0.15, -0.1) is 13.2 Å². The molecule has 6 nitrogen and oxygen atoms in total. The van der Waals surface area contributed by atoms with Gasteiger partial charge in [0.2, 0.25) is 15.9 Å². The van der Waals surface area contributed by atoms with Gasteiger partial charge < -0.3 is 10.5 Å². The molecular weight excluding hydrogens is 337 g/mol. The quantitative estimate of drug-likeness (QED) is 0.889. The minimum Gasteiger partial charge on any atom is -0.404 e. The van der Waals surface area contributed by atoms with E-state index >= 15 is 0 Å². The second kappa shape index (κ2) is 6.36. The van der Waals surface area contributed by atoms with Crippen LogP contribution in [0.2, 0.25) is 0 Å². The number of hydrogen-bond acceptors (Lipinski definition) is 4. The molecule has 1 aromatic rings. The number of hydrogen-bond donors (Lipinski definition) is 1. The van der Waals surface area contributed by atoms with Crippen molar-refractivity contribution in [2.45, 2.75) is 24.1 Å². The molecule has 1 aliphatic rings. The summed E-state index contributed by atoms with van der Waals surface area (Å²) < 4.78 is 67.2. The predicted octanol–water partition coefficient (Wildman–Crippen LogP) is 1.47. The highest BCUT2D eigenvalue weighted by Gasteiger charge is 2.37. The normalized spacial score (nSPS) is 20.2. The van der Waals surface area contributed by atoms with Crippen LogP contribution in [0.5, 0.6) is 5.75 Å². The molecule has 1 amide bonds. The number of nitrogens with zero attached hydrogens (tertiary/aromatic N) is 1. The summed E-state index contributed by atoms with van der Waals surface area (Å²) >= 11 is 0. The van der Waals surface area contributed by atoms with Gasteiger partial charge in [-0.3, -0.25) is 4.79 Å². The van der Waals surface area contributed by atoms with Crippen LogP contribution < -0.4 is 10.5 Å².